The Morgan fingerprint density at radius 2 is 1.69 bits per heavy atom. The summed E-state index contributed by atoms with van der Waals surface area (Å²) in [6.45, 7) is 2.10. The molecule has 0 aliphatic rings. The summed E-state index contributed by atoms with van der Waals surface area (Å²) in [6, 6.07) is 16.1. The Hall–Kier alpha value is -1.34. The third-order valence-electron chi connectivity index (χ3n) is 2.71. The zero-order chi connectivity index (χ0) is 11.4. The molecule has 1 aromatic carbocycles. The van der Waals surface area contributed by atoms with Crippen LogP contribution in [-0.4, -0.2) is 4.98 Å². The van der Waals surface area contributed by atoms with Gasteiger partial charge in [0, 0.05) is 17.8 Å². The minimum Gasteiger partial charge on any atom is -0.261 e. The van der Waals surface area contributed by atoms with Gasteiger partial charge in [-0.2, -0.15) is 0 Å². The first-order chi connectivity index (χ1) is 7.79. The molecule has 2 aromatic rings. The van der Waals surface area contributed by atoms with Gasteiger partial charge in [0.05, 0.1) is 5.38 Å². The molecule has 1 heterocycles. The highest BCUT2D eigenvalue weighted by Crippen LogP contribution is 2.34. The summed E-state index contributed by atoms with van der Waals surface area (Å²) in [5, 5.41) is -0.0314. The van der Waals surface area contributed by atoms with Gasteiger partial charge < -0.3 is 0 Å². The normalized spacial score (nSPS) is 14.4. The molecule has 0 N–H and O–H groups in total. The first kappa shape index (κ1) is 11.2. The van der Waals surface area contributed by atoms with Gasteiger partial charge in [0.2, 0.25) is 0 Å². The van der Waals surface area contributed by atoms with Crippen LogP contribution in [0.5, 0.6) is 0 Å². The molecule has 2 unspecified atom stereocenters. The van der Waals surface area contributed by atoms with Gasteiger partial charge in [-0.05, 0) is 17.7 Å². The maximum absolute atomic E-state index is 6.45. The fourth-order valence-corrected chi connectivity index (χ4v) is 2.00. The second-order valence-corrected chi connectivity index (χ2v) is 4.33. The molecule has 0 saturated heterocycles. The molecule has 1 aromatic heterocycles. The molecule has 2 atom stereocenters. The zero-order valence-corrected chi connectivity index (χ0v) is 9.93. The van der Waals surface area contributed by atoms with Gasteiger partial charge in [0.1, 0.15) is 0 Å². The summed E-state index contributed by atoms with van der Waals surface area (Å²) in [5.41, 5.74) is 2.17. The van der Waals surface area contributed by atoms with E-state index in [-0.39, 0.29) is 11.3 Å². The lowest BCUT2D eigenvalue weighted by atomic mass is 9.97. The van der Waals surface area contributed by atoms with Crippen molar-refractivity contribution in [2.75, 3.05) is 0 Å². The minimum atomic E-state index is -0.0314. The molecule has 1 nitrogen and oxygen atoms in total. The summed E-state index contributed by atoms with van der Waals surface area (Å²) < 4.78 is 0. The average molecular weight is 232 g/mol. The smallest absolute Gasteiger partial charge is 0.0666 e. The van der Waals surface area contributed by atoms with Gasteiger partial charge in [-0.15, -0.1) is 11.6 Å². The predicted molar refractivity (Wildman–Crippen MR) is 67.7 cm³/mol. The number of pyridine rings is 1. The Morgan fingerprint density at radius 3 is 2.31 bits per heavy atom. The number of nitrogens with zero attached hydrogens (tertiary/aromatic N) is 1. The lowest BCUT2D eigenvalue weighted by Crippen LogP contribution is -2.04. The topological polar surface area (TPSA) is 12.9 Å². The SMILES string of the molecule is CC(c1ccccn1)C(Cl)c1ccccc1. The van der Waals surface area contributed by atoms with Crippen molar-refractivity contribution in [1.82, 2.24) is 4.98 Å². The van der Waals surface area contributed by atoms with Gasteiger partial charge in [-0.25, -0.2) is 0 Å². The summed E-state index contributed by atoms with van der Waals surface area (Å²) in [4.78, 5) is 4.34. The minimum absolute atomic E-state index is 0.0314. The van der Waals surface area contributed by atoms with Crippen molar-refractivity contribution in [3.8, 4) is 0 Å². The molecule has 16 heavy (non-hydrogen) atoms. The monoisotopic (exact) mass is 231 g/mol. The first-order valence-corrected chi connectivity index (χ1v) is 5.82. The molecular formula is C14H14ClN. The van der Waals surface area contributed by atoms with Gasteiger partial charge in [-0.1, -0.05) is 43.3 Å². The van der Waals surface area contributed by atoms with Crippen LogP contribution >= 0.6 is 11.6 Å². The van der Waals surface area contributed by atoms with Crippen molar-refractivity contribution in [2.24, 2.45) is 0 Å². The molecule has 2 heteroatoms. The molecule has 0 fully saturated rings. The standard InChI is InChI=1S/C14H14ClN/c1-11(13-9-5-6-10-16-13)14(15)12-7-3-2-4-8-12/h2-11,14H,1H3. The van der Waals surface area contributed by atoms with Gasteiger partial charge in [-0.3, -0.25) is 4.98 Å². The largest absolute Gasteiger partial charge is 0.261 e. The fraction of sp³-hybridized carbons (Fsp3) is 0.214. The number of aromatic nitrogens is 1. The van der Waals surface area contributed by atoms with E-state index in [0.717, 1.165) is 11.3 Å². The lowest BCUT2D eigenvalue weighted by Gasteiger charge is -2.17. The van der Waals surface area contributed by atoms with Gasteiger partial charge in [0.15, 0.2) is 0 Å². The van der Waals surface area contributed by atoms with Crippen LogP contribution in [0.4, 0.5) is 0 Å². The van der Waals surface area contributed by atoms with E-state index >= 15 is 0 Å². The molecule has 0 spiro atoms. The average Bonchev–Trinajstić information content (AvgIpc) is 2.39. The van der Waals surface area contributed by atoms with Crippen LogP contribution in [0.15, 0.2) is 54.7 Å². The third-order valence-corrected chi connectivity index (χ3v) is 3.34. The Labute approximate surface area is 101 Å². The highest BCUT2D eigenvalue weighted by molar-refractivity contribution is 6.21. The van der Waals surface area contributed by atoms with Crippen LogP contribution in [0.1, 0.15) is 29.5 Å². The molecule has 0 amide bonds. The molecular weight excluding hydrogens is 218 g/mol. The molecule has 0 radical (unpaired) electrons. The number of hydrogen-bond donors (Lipinski definition) is 0. The van der Waals surface area contributed by atoms with Gasteiger partial charge in [0.25, 0.3) is 0 Å². The highest BCUT2D eigenvalue weighted by Gasteiger charge is 2.18. The third kappa shape index (κ3) is 2.42. The van der Waals surface area contributed by atoms with Crippen molar-refractivity contribution >= 4 is 11.6 Å². The predicted octanol–water partition coefficient (Wildman–Crippen LogP) is 4.17. The van der Waals surface area contributed by atoms with E-state index in [4.69, 9.17) is 11.6 Å². The Kier molecular flexibility index (Phi) is 3.58. The molecule has 0 saturated carbocycles. The highest BCUT2D eigenvalue weighted by atomic mass is 35.5. The molecule has 0 aliphatic carbocycles. The van der Waals surface area contributed by atoms with Crippen LogP contribution in [0.25, 0.3) is 0 Å². The number of alkyl halides is 1. The van der Waals surface area contributed by atoms with Crippen LogP contribution in [0.3, 0.4) is 0 Å². The number of halogens is 1. The van der Waals surface area contributed by atoms with Crippen LogP contribution in [0, 0.1) is 0 Å². The summed E-state index contributed by atoms with van der Waals surface area (Å²) >= 11 is 6.45. The van der Waals surface area contributed by atoms with Gasteiger partial charge >= 0.3 is 0 Å². The van der Waals surface area contributed by atoms with Crippen molar-refractivity contribution < 1.29 is 0 Å². The Balaban J connectivity index is 2.20. The van der Waals surface area contributed by atoms with Crippen LogP contribution < -0.4 is 0 Å². The van der Waals surface area contributed by atoms with Crippen molar-refractivity contribution in [1.29, 1.82) is 0 Å². The maximum atomic E-state index is 6.45. The van der Waals surface area contributed by atoms with E-state index in [2.05, 4.69) is 24.0 Å². The van der Waals surface area contributed by atoms with Crippen LogP contribution in [0.2, 0.25) is 0 Å². The zero-order valence-electron chi connectivity index (χ0n) is 9.18. The van der Waals surface area contributed by atoms with Crippen LogP contribution in [-0.2, 0) is 0 Å². The fourth-order valence-electron chi connectivity index (χ4n) is 1.72. The molecule has 0 aliphatic heterocycles. The molecule has 82 valence electrons. The second-order valence-electron chi connectivity index (χ2n) is 3.86. The quantitative estimate of drug-likeness (QED) is 0.723. The van der Waals surface area contributed by atoms with E-state index in [1.54, 1.807) is 6.20 Å². The van der Waals surface area contributed by atoms with Crippen molar-refractivity contribution in [2.45, 2.75) is 18.2 Å². The van der Waals surface area contributed by atoms with E-state index in [1.807, 2.05) is 36.4 Å². The number of benzene rings is 1. The van der Waals surface area contributed by atoms with E-state index in [0.29, 0.717) is 0 Å². The van der Waals surface area contributed by atoms with E-state index in [1.165, 1.54) is 0 Å². The number of rotatable bonds is 3. The van der Waals surface area contributed by atoms with Crippen molar-refractivity contribution in [3.63, 3.8) is 0 Å². The summed E-state index contributed by atoms with van der Waals surface area (Å²) in [5.74, 6) is 0.213. The number of hydrogen-bond acceptors (Lipinski definition) is 1. The Morgan fingerprint density at radius 1 is 1.00 bits per heavy atom. The summed E-state index contributed by atoms with van der Waals surface area (Å²) in [7, 11) is 0. The Bertz CT molecular complexity index is 384. The lowest BCUT2D eigenvalue weighted by molar-refractivity contribution is 0.706. The first-order valence-electron chi connectivity index (χ1n) is 5.39. The van der Waals surface area contributed by atoms with E-state index < -0.39 is 0 Å². The van der Waals surface area contributed by atoms with E-state index in [9.17, 15) is 0 Å². The van der Waals surface area contributed by atoms with Crippen molar-refractivity contribution in [3.05, 3.63) is 66.0 Å². The molecule has 2 rings (SSSR count). The maximum Gasteiger partial charge on any atom is 0.0666 e. The second kappa shape index (κ2) is 5.13. The summed E-state index contributed by atoms with van der Waals surface area (Å²) in [6.07, 6.45) is 1.81. The molecule has 0 bridgehead atoms.